The monoisotopic (exact) mass is 255 g/mol. The number of rotatable bonds is 2. The van der Waals surface area contributed by atoms with Gasteiger partial charge in [0.05, 0.1) is 6.04 Å². The second-order valence-electron chi connectivity index (χ2n) is 3.88. The van der Waals surface area contributed by atoms with Crippen LogP contribution in [-0.2, 0) is 0 Å². The molecular formula is C13H9F4N. The van der Waals surface area contributed by atoms with Gasteiger partial charge in [0.25, 0.3) is 0 Å². The van der Waals surface area contributed by atoms with E-state index in [9.17, 15) is 17.6 Å². The molecule has 2 N–H and O–H groups in total. The lowest BCUT2D eigenvalue weighted by Gasteiger charge is -2.13. The molecule has 0 aliphatic rings. The van der Waals surface area contributed by atoms with Gasteiger partial charge in [-0.1, -0.05) is 0 Å². The van der Waals surface area contributed by atoms with Crippen molar-refractivity contribution < 1.29 is 17.6 Å². The van der Waals surface area contributed by atoms with Gasteiger partial charge in [-0.3, -0.25) is 0 Å². The number of halogens is 4. The van der Waals surface area contributed by atoms with Crippen LogP contribution in [-0.4, -0.2) is 0 Å². The Morgan fingerprint density at radius 3 is 1.17 bits per heavy atom. The molecule has 0 bridgehead atoms. The molecule has 0 saturated carbocycles. The molecular weight excluding hydrogens is 246 g/mol. The lowest BCUT2D eigenvalue weighted by atomic mass is 9.99. The maximum Gasteiger partial charge on any atom is 0.126 e. The molecule has 0 fully saturated rings. The fourth-order valence-electron chi connectivity index (χ4n) is 1.70. The van der Waals surface area contributed by atoms with Crippen LogP contribution in [0.15, 0.2) is 36.4 Å². The first kappa shape index (κ1) is 12.6. The Hall–Kier alpha value is -1.88. The Bertz CT molecular complexity index is 491. The lowest BCUT2D eigenvalue weighted by molar-refractivity contribution is 0.572. The van der Waals surface area contributed by atoms with Gasteiger partial charge in [0.15, 0.2) is 0 Å². The summed E-state index contributed by atoms with van der Waals surface area (Å²) in [4.78, 5) is 0. The molecule has 0 aromatic heterocycles. The summed E-state index contributed by atoms with van der Waals surface area (Å²) in [6.45, 7) is 0. The summed E-state index contributed by atoms with van der Waals surface area (Å²) in [6.07, 6.45) is 0. The maximum atomic E-state index is 13.0. The summed E-state index contributed by atoms with van der Waals surface area (Å²) in [6, 6.07) is 4.49. The molecule has 2 aromatic carbocycles. The highest BCUT2D eigenvalue weighted by molar-refractivity contribution is 5.32. The van der Waals surface area contributed by atoms with Gasteiger partial charge in [0.1, 0.15) is 23.3 Å². The van der Waals surface area contributed by atoms with Crippen LogP contribution in [0.1, 0.15) is 17.2 Å². The summed E-state index contributed by atoms with van der Waals surface area (Å²) in [5, 5.41) is 0. The van der Waals surface area contributed by atoms with Gasteiger partial charge < -0.3 is 5.73 Å². The van der Waals surface area contributed by atoms with Crippen molar-refractivity contribution in [3.63, 3.8) is 0 Å². The normalized spacial score (nSPS) is 11.0. The minimum atomic E-state index is -1.000. The molecule has 18 heavy (non-hydrogen) atoms. The lowest BCUT2D eigenvalue weighted by Crippen LogP contribution is -2.13. The zero-order chi connectivity index (χ0) is 13.3. The van der Waals surface area contributed by atoms with Crippen molar-refractivity contribution in [2.24, 2.45) is 5.73 Å². The summed E-state index contributed by atoms with van der Waals surface area (Å²) in [5.74, 6) is -3.18. The minimum Gasteiger partial charge on any atom is -0.320 e. The van der Waals surface area contributed by atoms with Gasteiger partial charge in [-0.05, 0) is 35.4 Å². The van der Waals surface area contributed by atoms with Crippen LogP contribution < -0.4 is 5.73 Å². The number of nitrogens with two attached hydrogens (primary N) is 1. The summed E-state index contributed by atoms with van der Waals surface area (Å²) < 4.78 is 52.1. The SMILES string of the molecule is NC(c1cc(F)cc(F)c1)c1cc(F)cc(F)c1. The van der Waals surface area contributed by atoms with E-state index in [-0.39, 0.29) is 11.1 Å². The van der Waals surface area contributed by atoms with Crippen LogP contribution in [0.2, 0.25) is 0 Å². The van der Waals surface area contributed by atoms with Gasteiger partial charge in [-0.25, -0.2) is 17.6 Å². The molecule has 0 aliphatic heterocycles. The Morgan fingerprint density at radius 2 is 0.889 bits per heavy atom. The average molecular weight is 255 g/mol. The van der Waals surface area contributed by atoms with Crippen molar-refractivity contribution in [2.75, 3.05) is 0 Å². The van der Waals surface area contributed by atoms with Crippen molar-refractivity contribution >= 4 is 0 Å². The van der Waals surface area contributed by atoms with Gasteiger partial charge in [-0.15, -0.1) is 0 Å². The van der Waals surface area contributed by atoms with E-state index in [1.807, 2.05) is 0 Å². The second kappa shape index (κ2) is 4.78. The summed E-state index contributed by atoms with van der Waals surface area (Å²) in [7, 11) is 0. The number of hydrogen-bond donors (Lipinski definition) is 1. The van der Waals surface area contributed by atoms with Crippen LogP contribution in [0, 0.1) is 23.3 Å². The summed E-state index contributed by atoms with van der Waals surface area (Å²) >= 11 is 0. The minimum absolute atomic E-state index is 0.109. The zero-order valence-electron chi connectivity index (χ0n) is 9.13. The molecule has 5 heteroatoms. The molecule has 0 radical (unpaired) electrons. The second-order valence-corrected chi connectivity index (χ2v) is 3.88. The smallest absolute Gasteiger partial charge is 0.126 e. The van der Waals surface area contributed by atoms with Crippen molar-refractivity contribution in [3.05, 3.63) is 70.8 Å². The van der Waals surface area contributed by atoms with Crippen LogP contribution in [0.25, 0.3) is 0 Å². The van der Waals surface area contributed by atoms with E-state index in [4.69, 9.17) is 5.73 Å². The van der Waals surface area contributed by atoms with Crippen LogP contribution in [0.4, 0.5) is 17.6 Å². The van der Waals surface area contributed by atoms with Gasteiger partial charge >= 0.3 is 0 Å². The van der Waals surface area contributed by atoms with E-state index in [1.54, 1.807) is 0 Å². The van der Waals surface area contributed by atoms with Gasteiger partial charge in [0, 0.05) is 12.1 Å². The molecule has 0 atom stereocenters. The van der Waals surface area contributed by atoms with Gasteiger partial charge in [0.2, 0.25) is 0 Å². The molecule has 2 rings (SSSR count). The van der Waals surface area contributed by atoms with Gasteiger partial charge in [-0.2, -0.15) is 0 Å². The fourth-order valence-corrected chi connectivity index (χ4v) is 1.70. The van der Waals surface area contributed by atoms with E-state index in [1.165, 1.54) is 0 Å². The standard InChI is InChI=1S/C13H9F4N/c14-9-1-7(2-10(15)5-9)13(18)8-3-11(16)6-12(17)4-8/h1-6,13H,18H2. The van der Waals surface area contributed by atoms with E-state index < -0.39 is 29.3 Å². The Kier molecular flexibility index (Phi) is 3.34. The highest BCUT2D eigenvalue weighted by atomic mass is 19.1. The first-order valence-corrected chi connectivity index (χ1v) is 5.13. The molecule has 0 amide bonds. The molecule has 0 spiro atoms. The Labute approximate surface area is 101 Å². The maximum absolute atomic E-state index is 13.0. The van der Waals surface area contributed by atoms with E-state index in [0.29, 0.717) is 12.1 Å². The summed E-state index contributed by atoms with van der Waals surface area (Å²) in [5.41, 5.74) is 5.94. The fraction of sp³-hybridized carbons (Fsp3) is 0.0769. The third-order valence-corrected chi connectivity index (χ3v) is 2.49. The first-order chi connectivity index (χ1) is 8.45. The molecule has 0 aliphatic carbocycles. The topological polar surface area (TPSA) is 26.0 Å². The number of benzene rings is 2. The number of hydrogen-bond acceptors (Lipinski definition) is 1. The molecule has 0 unspecified atom stereocenters. The highest BCUT2D eigenvalue weighted by Crippen LogP contribution is 2.22. The van der Waals surface area contributed by atoms with Crippen LogP contribution in [0.5, 0.6) is 0 Å². The first-order valence-electron chi connectivity index (χ1n) is 5.13. The van der Waals surface area contributed by atoms with E-state index in [2.05, 4.69) is 0 Å². The van der Waals surface area contributed by atoms with Crippen LogP contribution in [0.3, 0.4) is 0 Å². The molecule has 0 saturated heterocycles. The van der Waals surface area contributed by atoms with E-state index >= 15 is 0 Å². The predicted octanol–water partition coefficient (Wildman–Crippen LogP) is 3.29. The Balaban J connectivity index is 2.43. The van der Waals surface area contributed by atoms with Crippen molar-refractivity contribution in [2.45, 2.75) is 6.04 Å². The highest BCUT2D eigenvalue weighted by Gasteiger charge is 2.13. The van der Waals surface area contributed by atoms with E-state index in [0.717, 1.165) is 24.3 Å². The van der Waals surface area contributed by atoms with Crippen molar-refractivity contribution in [3.8, 4) is 0 Å². The third kappa shape index (κ3) is 2.68. The van der Waals surface area contributed by atoms with Crippen LogP contribution >= 0.6 is 0 Å². The molecule has 94 valence electrons. The molecule has 0 heterocycles. The van der Waals surface area contributed by atoms with Crippen molar-refractivity contribution in [1.82, 2.24) is 0 Å². The largest absolute Gasteiger partial charge is 0.320 e. The average Bonchev–Trinajstić information content (AvgIpc) is 2.25. The quantitative estimate of drug-likeness (QED) is 0.819. The predicted molar refractivity (Wildman–Crippen MR) is 58.7 cm³/mol. The Morgan fingerprint density at radius 1 is 0.611 bits per heavy atom. The zero-order valence-corrected chi connectivity index (χ0v) is 9.13. The molecule has 2 aromatic rings. The third-order valence-electron chi connectivity index (χ3n) is 2.49. The van der Waals surface area contributed by atoms with Crippen molar-refractivity contribution in [1.29, 1.82) is 0 Å². The molecule has 1 nitrogen and oxygen atoms in total.